The van der Waals surface area contributed by atoms with E-state index < -0.39 is 28.3 Å². The molecule has 1 amide bonds. The van der Waals surface area contributed by atoms with Gasteiger partial charge in [-0.25, -0.2) is 4.98 Å². The number of piperidine rings is 1. The largest absolute Gasteiger partial charge is 0.496 e. The molecule has 1 saturated heterocycles. The van der Waals surface area contributed by atoms with Crippen LogP contribution in [-0.4, -0.2) is 60.4 Å². The van der Waals surface area contributed by atoms with Crippen molar-refractivity contribution in [3.05, 3.63) is 56.8 Å². The lowest BCUT2D eigenvalue weighted by molar-refractivity contribution is -0.155. The molecule has 2 aliphatic rings. The standard InChI is InChI=1S/C26H29F3N4O7S2/c1-15-10-22(26(27,28)29)31-33(15)11-23(34)32-8-6-16(7-9-32)24-30-19(14-41-24)25-38-12-17-18(13-39-25)21(40-42(3,35)36)5-4-20(17)37-2/h4-5,10,14,16,25H,6-9,11-13H2,1-3H3. The summed E-state index contributed by atoms with van der Waals surface area (Å²) in [7, 11) is -2.26. The third-order valence-electron chi connectivity index (χ3n) is 7.10. The number of hydrogen-bond donors (Lipinski definition) is 0. The number of aromatic nitrogens is 3. The highest BCUT2D eigenvalue weighted by molar-refractivity contribution is 7.86. The number of ether oxygens (including phenoxy) is 3. The number of hydrogen-bond acceptors (Lipinski definition) is 10. The van der Waals surface area contributed by atoms with Crippen molar-refractivity contribution in [3.8, 4) is 11.5 Å². The normalized spacial score (nSPS) is 18.4. The SMILES string of the molecule is COc1ccc(OS(C)(=O)=O)c2c1COC(c1csc(C3CCN(C(=O)Cn4nc(C(F)(F)F)cc4C)CC3)n1)OC2. The molecule has 1 atom stereocenters. The molecule has 11 nitrogen and oxygen atoms in total. The van der Waals surface area contributed by atoms with Gasteiger partial charge in [0.15, 0.2) is 5.69 Å². The van der Waals surface area contributed by atoms with Crippen molar-refractivity contribution < 1.29 is 44.8 Å². The Morgan fingerprint density at radius 3 is 2.38 bits per heavy atom. The molecule has 1 aromatic carbocycles. The van der Waals surface area contributed by atoms with Crippen LogP contribution in [0.5, 0.6) is 11.5 Å². The third-order valence-corrected chi connectivity index (χ3v) is 8.61. The maximum absolute atomic E-state index is 13.0. The molecule has 0 N–H and O–H groups in total. The number of nitrogens with zero attached hydrogens (tertiary/aromatic N) is 4. The zero-order valence-electron chi connectivity index (χ0n) is 23.0. The van der Waals surface area contributed by atoms with Crippen molar-refractivity contribution in [2.24, 2.45) is 0 Å². The van der Waals surface area contributed by atoms with Crippen LogP contribution in [-0.2, 0) is 50.3 Å². The summed E-state index contributed by atoms with van der Waals surface area (Å²) in [6.45, 7) is 2.21. The zero-order valence-corrected chi connectivity index (χ0v) is 24.6. The van der Waals surface area contributed by atoms with Crippen LogP contribution in [0.25, 0.3) is 0 Å². The molecule has 0 spiro atoms. The van der Waals surface area contributed by atoms with E-state index in [9.17, 15) is 26.4 Å². The molecule has 0 aliphatic carbocycles. The number of aryl methyl sites for hydroxylation is 1. The fraction of sp³-hybridized carbons (Fsp3) is 0.500. The lowest BCUT2D eigenvalue weighted by atomic mass is 9.97. The van der Waals surface area contributed by atoms with Crippen molar-refractivity contribution in [2.45, 2.75) is 57.9 Å². The molecule has 0 radical (unpaired) electrons. The van der Waals surface area contributed by atoms with Crippen LogP contribution in [0.1, 0.15) is 58.3 Å². The van der Waals surface area contributed by atoms with E-state index in [2.05, 4.69) is 5.10 Å². The Morgan fingerprint density at radius 1 is 1.14 bits per heavy atom. The Balaban J connectivity index is 1.20. The van der Waals surface area contributed by atoms with Crippen LogP contribution >= 0.6 is 11.3 Å². The van der Waals surface area contributed by atoms with Crippen molar-refractivity contribution in [1.29, 1.82) is 0 Å². The summed E-state index contributed by atoms with van der Waals surface area (Å²) < 4.78 is 86.0. The Morgan fingerprint density at radius 2 is 1.79 bits per heavy atom. The fourth-order valence-corrected chi connectivity index (χ4v) is 6.42. The fourth-order valence-electron chi connectivity index (χ4n) is 4.94. The number of halogens is 3. The highest BCUT2D eigenvalue weighted by atomic mass is 32.2. The van der Waals surface area contributed by atoms with Crippen molar-refractivity contribution in [1.82, 2.24) is 19.7 Å². The molecule has 1 fully saturated rings. The molecule has 2 aliphatic heterocycles. The topological polar surface area (TPSA) is 122 Å². The van der Waals surface area contributed by atoms with Gasteiger partial charge in [0.05, 0.1) is 31.6 Å². The van der Waals surface area contributed by atoms with E-state index >= 15 is 0 Å². The molecule has 0 saturated carbocycles. The van der Waals surface area contributed by atoms with Gasteiger partial charge in [-0.1, -0.05) is 0 Å². The molecule has 0 bridgehead atoms. The first-order valence-electron chi connectivity index (χ1n) is 13.0. The van der Waals surface area contributed by atoms with Crippen LogP contribution in [0.2, 0.25) is 0 Å². The maximum atomic E-state index is 13.0. The Hall–Kier alpha value is -3.21. The summed E-state index contributed by atoms with van der Waals surface area (Å²) >= 11 is 1.45. The van der Waals surface area contributed by atoms with Crippen LogP contribution in [0, 0.1) is 6.92 Å². The average Bonchev–Trinajstić information content (AvgIpc) is 3.49. The number of thiazole rings is 1. The molecule has 16 heteroatoms. The van der Waals surface area contributed by atoms with Crippen LogP contribution < -0.4 is 8.92 Å². The number of methoxy groups -OCH3 is 1. The van der Waals surface area contributed by atoms with Gasteiger partial charge < -0.3 is 23.3 Å². The monoisotopic (exact) mass is 630 g/mol. The minimum absolute atomic E-state index is 0.00953. The smallest absolute Gasteiger partial charge is 0.435 e. The van der Waals surface area contributed by atoms with Gasteiger partial charge in [0, 0.05) is 41.2 Å². The number of amides is 1. The number of carbonyl (C=O) groups is 1. The van der Waals surface area contributed by atoms with Gasteiger partial charge >= 0.3 is 16.3 Å². The first kappa shape index (κ1) is 30.3. The van der Waals surface area contributed by atoms with Gasteiger partial charge in [-0.05, 0) is 38.0 Å². The average molecular weight is 631 g/mol. The lowest BCUT2D eigenvalue weighted by Crippen LogP contribution is -2.40. The van der Waals surface area contributed by atoms with E-state index in [1.54, 1.807) is 11.0 Å². The molecule has 228 valence electrons. The lowest BCUT2D eigenvalue weighted by Gasteiger charge is -2.31. The van der Waals surface area contributed by atoms with E-state index in [0.29, 0.717) is 48.5 Å². The van der Waals surface area contributed by atoms with Gasteiger partial charge in [0.2, 0.25) is 12.2 Å². The summed E-state index contributed by atoms with van der Waals surface area (Å²) in [5.74, 6) is 0.455. The Kier molecular flexibility index (Phi) is 8.51. The van der Waals surface area contributed by atoms with E-state index in [1.165, 1.54) is 31.4 Å². The second kappa shape index (κ2) is 11.8. The van der Waals surface area contributed by atoms with Gasteiger partial charge in [-0.3, -0.25) is 9.48 Å². The van der Waals surface area contributed by atoms with E-state index in [-0.39, 0.29) is 43.0 Å². The molecule has 3 aromatic rings. The summed E-state index contributed by atoms with van der Waals surface area (Å²) in [5, 5.41) is 6.25. The summed E-state index contributed by atoms with van der Waals surface area (Å²) in [6, 6.07) is 4.05. The first-order chi connectivity index (χ1) is 19.8. The van der Waals surface area contributed by atoms with Crippen LogP contribution in [0.3, 0.4) is 0 Å². The van der Waals surface area contributed by atoms with E-state index in [4.69, 9.17) is 23.4 Å². The quantitative estimate of drug-likeness (QED) is 0.354. The number of carbonyl (C=O) groups excluding carboxylic acids is 1. The predicted octanol–water partition coefficient (Wildman–Crippen LogP) is 4.17. The number of likely N-dealkylation sites (tertiary alicyclic amines) is 1. The summed E-state index contributed by atoms with van der Waals surface area (Å²) in [4.78, 5) is 19.2. The van der Waals surface area contributed by atoms with Crippen LogP contribution in [0.15, 0.2) is 23.6 Å². The number of fused-ring (bicyclic) bond motifs is 1. The van der Waals surface area contributed by atoms with Gasteiger partial charge in [0.1, 0.15) is 23.7 Å². The van der Waals surface area contributed by atoms with Crippen molar-refractivity contribution >= 4 is 27.4 Å². The third kappa shape index (κ3) is 6.71. The van der Waals surface area contributed by atoms with E-state index in [0.717, 1.165) is 22.0 Å². The molecule has 5 rings (SSSR count). The maximum Gasteiger partial charge on any atom is 0.435 e. The van der Waals surface area contributed by atoms with Crippen LogP contribution in [0.4, 0.5) is 13.2 Å². The van der Waals surface area contributed by atoms with Gasteiger partial charge in [-0.15, -0.1) is 11.3 Å². The molecular weight excluding hydrogens is 601 g/mol. The molecular formula is C26H29F3N4O7S2. The van der Waals surface area contributed by atoms with Crippen molar-refractivity contribution in [2.75, 3.05) is 26.5 Å². The second-order valence-corrected chi connectivity index (χ2v) is 12.5. The zero-order chi connectivity index (χ0) is 30.2. The van der Waals surface area contributed by atoms with Crippen molar-refractivity contribution in [3.63, 3.8) is 0 Å². The van der Waals surface area contributed by atoms with Gasteiger partial charge in [0.25, 0.3) is 0 Å². The predicted molar refractivity (Wildman–Crippen MR) is 143 cm³/mol. The minimum Gasteiger partial charge on any atom is -0.496 e. The molecule has 42 heavy (non-hydrogen) atoms. The molecule has 2 aromatic heterocycles. The number of rotatable bonds is 7. The molecule has 4 heterocycles. The highest BCUT2D eigenvalue weighted by Gasteiger charge is 2.35. The van der Waals surface area contributed by atoms with Gasteiger partial charge in [-0.2, -0.15) is 26.7 Å². The number of benzene rings is 1. The highest BCUT2D eigenvalue weighted by Crippen LogP contribution is 2.39. The second-order valence-electron chi connectivity index (χ2n) is 10.1. The first-order valence-corrected chi connectivity index (χ1v) is 15.7. The Labute approximate surface area is 244 Å². The Bertz CT molecular complexity index is 1560. The minimum atomic E-state index is -4.57. The van der Waals surface area contributed by atoms with E-state index in [1.807, 2.05) is 5.38 Å². The number of alkyl halides is 3. The summed E-state index contributed by atoms with van der Waals surface area (Å²) in [5.41, 5.74) is 0.951. The molecule has 1 unspecified atom stereocenters. The summed E-state index contributed by atoms with van der Waals surface area (Å²) in [6.07, 6.45) is -3.12.